The third kappa shape index (κ3) is 6.07. The van der Waals surface area contributed by atoms with E-state index in [4.69, 9.17) is 5.73 Å². The molecule has 1 aromatic heterocycles. The molecule has 0 fully saturated rings. The van der Waals surface area contributed by atoms with Gasteiger partial charge in [-0.3, -0.25) is 4.79 Å². The molecule has 2 aromatic rings. The lowest BCUT2D eigenvalue weighted by Gasteiger charge is -2.08. The fraction of sp³-hybridized carbons (Fsp3) is 0.357. The minimum atomic E-state index is -0.333. The topological polar surface area (TPSA) is 68.9 Å². The molecule has 2 N–H and O–H groups in total. The summed E-state index contributed by atoms with van der Waals surface area (Å²) in [5.74, 6) is -0.0799. The quantitative estimate of drug-likeness (QED) is 0.748. The van der Waals surface area contributed by atoms with Crippen molar-refractivity contribution in [1.82, 2.24) is 10.2 Å². The maximum absolute atomic E-state index is 10.7. The Kier molecular flexibility index (Phi) is 6.53. The summed E-state index contributed by atoms with van der Waals surface area (Å²) < 4.78 is 1.74. The van der Waals surface area contributed by atoms with E-state index in [9.17, 15) is 4.79 Å². The number of carbonyl (C=O) groups is 1. The van der Waals surface area contributed by atoms with Crippen LogP contribution in [0.25, 0.3) is 0 Å². The number of thioether (sulfide) groups is 2. The van der Waals surface area contributed by atoms with Crippen LogP contribution in [0.1, 0.15) is 18.9 Å². The molecule has 2 rings (SSSR count). The number of primary amides is 1. The van der Waals surface area contributed by atoms with E-state index in [1.54, 1.807) is 11.8 Å². The van der Waals surface area contributed by atoms with Gasteiger partial charge < -0.3 is 5.73 Å². The van der Waals surface area contributed by atoms with Gasteiger partial charge in [0.15, 0.2) is 8.68 Å². The second-order valence-corrected chi connectivity index (χ2v) is 8.43. The normalized spacial score (nSPS) is 12.2. The van der Waals surface area contributed by atoms with E-state index >= 15 is 0 Å². The third-order valence-corrected chi connectivity index (χ3v) is 6.04. The van der Waals surface area contributed by atoms with Crippen molar-refractivity contribution in [1.29, 1.82) is 0 Å². The van der Waals surface area contributed by atoms with E-state index in [0.29, 0.717) is 5.25 Å². The van der Waals surface area contributed by atoms with Crippen molar-refractivity contribution < 1.29 is 4.79 Å². The van der Waals surface area contributed by atoms with E-state index in [2.05, 4.69) is 41.4 Å². The lowest BCUT2D eigenvalue weighted by Crippen LogP contribution is -2.12. The third-order valence-electron chi connectivity index (χ3n) is 2.71. The van der Waals surface area contributed by atoms with Crippen molar-refractivity contribution in [2.24, 2.45) is 5.73 Å². The summed E-state index contributed by atoms with van der Waals surface area (Å²) >= 11 is 4.60. The Balaban J connectivity index is 1.77. The van der Waals surface area contributed by atoms with Crippen LogP contribution in [0.2, 0.25) is 0 Å². The van der Waals surface area contributed by atoms with Crippen LogP contribution in [-0.4, -0.2) is 27.1 Å². The Hall–Kier alpha value is -1.05. The minimum Gasteiger partial charge on any atom is -0.369 e. The smallest absolute Gasteiger partial charge is 0.227 e. The lowest BCUT2D eigenvalue weighted by molar-refractivity contribution is -0.115. The molecule has 0 aliphatic rings. The molecule has 4 nitrogen and oxygen atoms in total. The molecule has 112 valence electrons. The zero-order valence-corrected chi connectivity index (χ0v) is 14.1. The summed E-state index contributed by atoms with van der Waals surface area (Å²) in [6.45, 7) is 2.20. The number of aromatic nitrogens is 2. The first-order chi connectivity index (χ1) is 10.1. The van der Waals surface area contributed by atoms with Gasteiger partial charge in [-0.25, -0.2) is 0 Å². The molecular formula is C14H17N3OS3. The first-order valence-electron chi connectivity index (χ1n) is 6.58. The van der Waals surface area contributed by atoms with Crippen LogP contribution < -0.4 is 5.73 Å². The largest absolute Gasteiger partial charge is 0.369 e. The second-order valence-electron chi connectivity index (χ2n) is 4.54. The molecule has 0 bridgehead atoms. The van der Waals surface area contributed by atoms with E-state index in [-0.39, 0.29) is 11.7 Å². The number of hydrogen-bond donors (Lipinski definition) is 1. The molecule has 0 unspecified atom stereocenters. The molecule has 0 aliphatic heterocycles. The molecule has 7 heteroatoms. The van der Waals surface area contributed by atoms with Crippen molar-refractivity contribution in [3.8, 4) is 0 Å². The standard InChI is InChI=1S/C14H17N3OS3/c1-10(7-8-11-5-3-2-4-6-11)20-14-17-16-13(21-14)19-9-12(15)18/h2-6,10H,7-9H2,1H3,(H2,15,18)/t10-/m0/s1. The fourth-order valence-electron chi connectivity index (χ4n) is 1.68. The summed E-state index contributed by atoms with van der Waals surface area (Å²) in [6, 6.07) is 10.5. The van der Waals surface area contributed by atoms with Gasteiger partial charge in [-0.15, -0.1) is 10.2 Å². The molecule has 1 heterocycles. The number of hydrogen-bond acceptors (Lipinski definition) is 6. The lowest BCUT2D eigenvalue weighted by atomic mass is 10.1. The molecule has 1 amide bonds. The van der Waals surface area contributed by atoms with Gasteiger partial charge in [-0.1, -0.05) is 72.1 Å². The molecule has 1 aromatic carbocycles. The zero-order valence-electron chi connectivity index (χ0n) is 11.7. The van der Waals surface area contributed by atoms with Crippen molar-refractivity contribution in [3.05, 3.63) is 35.9 Å². The van der Waals surface area contributed by atoms with Gasteiger partial charge in [0, 0.05) is 5.25 Å². The first kappa shape index (κ1) is 16.3. The van der Waals surface area contributed by atoms with Crippen molar-refractivity contribution >= 4 is 40.8 Å². The van der Waals surface area contributed by atoms with E-state index in [0.717, 1.165) is 21.5 Å². The number of amides is 1. The van der Waals surface area contributed by atoms with Gasteiger partial charge >= 0.3 is 0 Å². The maximum atomic E-state index is 10.7. The van der Waals surface area contributed by atoms with Gasteiger partial charge in [-0.2, -0.15) is 0 Å². The SMILES string of the molecule is C[C@@H](CCc1ccccc1)Sc1nnc(SCC(N)=O)s1. The van der Waals surface area contributed by atoms with Crippen LogP contribution in [0.4, 0.5) is 0 Å². The van der Waals surface area contributed by atoms with Crippen LogP contribution in [0, 0.1) is 0 Å². The number of rotatable bonds is 8. The number of carbonyl (C=O) groups excluding carboxylic acids is 1. The minimum absolute atomic E-state index is 0.253. The predicted molar refractivity (Wildman–Crippen MR) is 89.9 cm³/mol. The summed E-state index contributed by atoms with van der Waals surface area (Å²) in [7, 11) is 0. The molecule has 0 saturated carbocycles. The highest BCUT2D eigenvalue weighted by atomic mass is 32.2. The van der Waals surface area contributed by atoms with Gasteiger partial charge in [0.2, 0.25) is 5.91 Å². The zero-order chi connectivity index (χ0) is 15.1. The van der Waals surface area contributed by atoms with Crippen LogP contribution in [0.3, 0.4) is 0 Å². The van der Waals surface area contributed by atoms with Gasteiger partial charge in [0.25, 0.3) is 0 Å². The van der Waals surface area contributed by atoms with Gasteiger partial charge in [0.1, 0.15) is 0 Å². The summed E-state index contributed by atoms with van der Waals surface area (Å²) in [5.41, 5.74) is 6.48. The van der Waals surface area contributed by atoms with Crippen LogP contribution in [0.5, 0.6) is 0 Å². The number of benzene rings is 1. The first-order valence-corrected chi connectivity index (χ1v) is 9.27. The van der Waals surface area contributed by atoms with Crippen molar-refractivity contribution in [2.75, 3.05) is 5.75 Å². The number of nitrogens with zero attached hydrogens (tertiary/aromatic N) is 2. The summed E-state index contributed by atoms with van der Waals surface area (Å²) in [5, 5.41) is 8.69. The predicted octanol–water partition coefficient (Wildman–Crippen LogP) is 3.23. The Morgan fingerprint density at radius 1 is 1.29 bits per heavy atom. The van der Waals surface area contributed by atoms with Crippen molar-refractivity contribution in [3.63, 3.8) is 0 Å². The van der Waals surface area contributed by atoms with Gasteiger partial charge in [0.05, 0.1) is 5.75 Å². The fourth-order valence-corrected chi connectivity index (χ4v) is 4.76. The van der Waals surface area contributed by atoms with Gasteiger partial charge in [-0.05, 0) is 18.4 Å². The monoisotopic (exact) mass is 339 g/mol. The molecule has 0 saturated heterocycles. The molecule has 0 radical (unpaired) electrons. The molecule has 21 heavy (non-hydrogen) atoms. The van der Waals surface area contributed by atoms with Crippen LogP contribution in [-0.2, 0) is 11.2 Å². The van der Waals surface area contributed by atoms with Crippen LogP contribution in [0.15, 0.2) is 39.0 Å². The summed E-state index contributed by atoms with van der Waals surface area (Å²) in [6.07, 6.45) is 2.16. The average molecular weight is 340 g/mol. The number of aryl methyl sites for hydroxylation is 1. The van der Waals surface area contributed by atoms with E-state index in [1.807, 2.05) is 6.07 Å². The van der Waals surface area contributed by atoms with E-state index < -0.39 is 0 Å². The molecular weight excluding hydrogens is 322 g/mol. The Morgan fingerprint density at radius 3 is 2.71 bits per heavy atom. The number of nitrogens with two attached hydrogens (primary N) is 1. The highest BCUT2D eigenvalue weighted by Crippen LogP contribution is 2.32. The Morgan fingerprint density at radius 2 is 2.00 bits per heavy atom. The average Bonchev–Trinajstić information content (AvgIpc) is 2.91. The molecule has 0 spiro atoms. The highest BCUT2D eigenvalue weighted by molar-refractivity contribution is 8.03. The van der Waals surface area contributed by atoms with Crippen LogP contribution >= 0.6 is 34.9 Å². The Bertz CT molecular complexity index is 574. The molecule has 0 aliphatic carbocycles. The second kappa shape index (κ2) is 8.41. The summed E-state index contributed by atoms with van der Waals surface area (Å²) in [4.78, 5) is 10.7. The van der Waals surface area contributed by atoms with Crippen molar-refractivity contribution in [2.45, 2.75) is 33.7 Å². The molecule has 1 atom stereocenters. The Labute approximate surface area is 136 Å². The van der Waals surface area contributed by atoms with E-state index in [1.165, 1.54) is 28.7 Å². The highest BCUT2D eigenvalue weighted by Gasteiger charge is 2.11. The maximum Gasteiger partial charge on any atom is 0.227 e.